The van der Waals surface area contributed by atoms with Crippen LogP contribution in [0.1, 0.15) is 18.1 Å². The Balaban J connectivity index is 3.11. The normalized spacial score (nSPS) is 12.9. The van der Waals surface area contributed by atoms with Crippen LogP contribution in [0.4, 0.5) is 4.39 Å². The van der Waals surface area contributed by atoms with Gasteiger partial charge in [-0.15, -0.1) is 0 Å². The molecule has 0 amide bonds. The fraction of sp³-hybridized carbons (Fsp3) is 0.333. The van der Waals surface area contributed by atoms with Gasteiger partial charge in [0.05, 0.1) is 10.6 Å². The van der Waals surface area contributed by atoms with E-state index < -0.39 is 11.9 Å². The molecular formula is C9H11BrFNO2. The second kappa shape index (κ2) is 4.72. The molecule has 0 radical (unpaired) electrons. The van der Waals surface area contributed by atoms with Gasteiger partial charge in [0.2, 0.25) is 0 Å². The number of hydrogen-bond acceptors (Lipinski definition) is 3. The van der Waals surface area contributed by atoms with Crippen molar-refractivity contribution in [1.82, 2.24) is 0 Å². The van der Waals surface area contributed by atoms with Gasteiger partial charge in [-0.3, -0.25) is 0 Å². The van der Waals surface area contributed by atoms with Crippen LogP contribution in [0.3, 0.4) is 0 Å². The van der Waals surface area contributed by atoms with Gasteiger partial charge in [0.1, 0.15) is 11.6 Å². The van der Waals surface area contributed by atoms with Crippen LogP contribution in [0.5, 0.6) is 5.75 Å². The summed E-state index contributed by atoms with van der Waals surface area (Å²) in [7, 11) is 0. The van der Waals surface area contributed by atoms with Crippen molar-refractivity contribution < 1.29 is 14.6 Å². The number of benzene rings is 1. The Labute approximate surface area is 89.5 Å². The van der Waals surface area contributed by atoms with E-state index in [0.717, 1.165) is 6.07 Å². The van der Waals surface area contributed by atoms with Crippen LogP contribution in [0.25, 0.3) is 0 Å². The number of aromatic hydroxyl groups is 1. The predicted octanol–water partition coefficient (Wildman–Crippen LogP) is 1.68. The van der Waals surface area contributed by atoms with Crippen molar-refractivity contribution in [3.05, 3.63) is 28.0 Å². The summed E-state index contributed by atoms with van der Waals surface area (Å²) in [6, 6.07) is 2.33. The molecule has 0 saturated carbocycles. The van der Waals surface area contributed by atoms with Gasteiger partial charge >= 0.3 is 0 Å². The molecule has 1 unspecified atom stereocenters. The Morgan fingerprint density at radius 1 is 1.50 bits per heavy atom. The van der Waals surface area contributed by atoms with Gasteiger partial charge in [0.25, 0.3) is 0 Å². The lowest BCUT2D eigenvalue weighted by Gasteiger charge is -2.13. The Morgan fingerprint density at radius 3 is 2.71 bits per heavy atom. The molecule has 0 heterocycles. The Kier molecular flexibility index (Phi) is 3.86. The first-order valence-corrected chi connectivity index (χ1v) is 4.92. The second-order valence-corrected chi connectivity index (χ2v) is 3.68. The first-order valence-electron chi connectivity index (χ1n) is 4.13. The molecule has 1 rings (SSSR count). The van der Waals surface area contributed by atoms with Gasteiger partial charge in [-0.05, 0) is 41.0 Å². The lowest BCUT2D eigenvalue weighted by Crippen LogP contribution is -2.08. The maximum Gasteiger partial charge on any atom is 0.130 e. The van der Waals surface area contributed by atoms with Crippen molar-refractivity contribution in [2.24, 2.45) is 5.73 Å². The molecule has 78 valence electrons. The molecule has 3 nitrogen and oxygen atoms in total. The molecule has 0 bridgehead atoms. The second-order valence-electron chi connectivity index (χ2n) is 2.89. The van der Waals surface area contributed by atoms with Gasteiger partial charge < -0.3 is 15.9 Å². The number of phenols is 1. The number of aliphatic hydroxyl groups excluding tert-OH is 1. The van der Waals surface area contributed by atoms with E-state index in [0.29, 0.717) is 0 Å². The first kappa shape index (κ1) is 11.4. The monoisotopic (exact) mass is 263 g/mol. The highest BCUT2D eigenvalue weighted by molar-refractivity contribution is 9.10. The minimum atomic E-state index is -0.999. The summed E-state index contributed by atoms with van der Waals surface area (Å²) < 4.78 is 13.4. The molecule has 0 spiro atoms. The molecule has 1 atom stereocenters. The number of rotatable bonds is 3. The van der Waals surface area contributed by atoms with Gasteiger partial charge in [0, 0.05) is 5.56 Å². The van der Waals surface area contributed by atoms with Crippen LogP contribution in [0.2, 0.25) is 0 Å². The summed E-state index contributed by atoms with van der Waals surface area (Å²) in [4.78, 5) is 0. The smallest absolute Gasteiger partial charge is 0.130 e. The third-order valence-corrected chi connectivity index (χ3v) is 2.71. The average molecular weight is 264 g/mol. The molecule has 0 saturated heterocycles. The zero-order chi connectivity index (χ0) is 10.7. The number of nitrogens with two attached hydrogens (primary N) is 1. The highest BCUT2D eigenvalue weighted by atomic mass is 79.9. The Hall–Kier alpha value is -0.650. The number of hydrogen-bond donors (Lipinski definition) is 3. The minimum absolute atomic E-state index is 0.0513. The van der Waals surface area contributed by atoms with Crippen LogP contribution in [0.15, 0.2) is 16.6 Å². The lowest BCUT2D eigenvalue weighted by molar-refractivity contribution is 0.164. The van der Waals surface area contributed by atoms with E-state index in [1.807, 2.05) is 0 Å². The average Bonchev–Trinajstić information content (AvgIpc) is 2.13. The quantitative estimate of drug-likeness (QED) is 0.778. The topological polar surface area (TPSA) is 66.5 Å². The van der Waals surface area contributed by atoms with Crippen molar-refractivity contribution in [3.8, 4) is 5.75 Å². The van der Waals surface area contributed by atoms with Gasteiger partial charge in [-0.25, -0.2) is 4.39 Å². The minimum Gasteiger partial charge on any atom is -0.507 e. The maximum atomic E-state index is 13.3. The molecule has 0 aliphatic heterocycles. The highest BCUT2D eigenvalue weighted by Gasteiger charge is 2.18. The Bertz CT molecular complexity index is 333. The predicted molar refractivity (Wildman–Crippen MR) is 54.4 cm³/mol. The molecule has 5 heteroatoms. The number of halogens is 2. The van der Waals surface area contributed by atoms with E-state index in [1.165, 1.54) is 6.07 Å². The third-order valence-electron chi connectivity index (χ3n) is 1.88. The first-order chi connectivity index (χ1) is 6.57. The maximum absolute atomic E-state index is 13.3. The number of phenolic OH excluding ortho intramolecular Hbond substituents is 1. The van der Waals surface area contributed by atoms with Crippen LogP contribution in [0, 0.1) is 5.82 Å². The standard InChI is InChI=1S/C9H11BrFNO2/c10-9-7(14)2-1-5(11)8(9)6(13)3-4-12/h1-2,6,13-14H,3-4,12H2. The summed E-state index contributed by atoms with van der Waals surface area (Å²) in [6.07, 6.45) is -0.750. The van der Waals surface area contributed by atoms with Crippen LogP contribution in [-0.4, -0.2) is 16.8 Å². The van der Waals surface area contributed by atoms with Crippen LogP contribution < -0.4 is 5.73 Å². The summed E-state index contributed by atoms with van der Waals surface area (Å²) in [5.74, 6) is -0.659. The largest absolute Gasteiger partial charge is 0.507 e. The molecule has 14 heavy (non-hydrogen) atoms. The highest BCUT2D eigenvalue weighted by Crippen LogP contribution is 2.34. The van der Waals surface area contributed by atoms with Crippen molar-refractivity contribution in [2.75, 3.05) is 6.54 Å². The van der Waals surface area contributed by atoms with Gasteiger partial charge in [-0.2, -0.15) is 0 Å². The summed E-state index contributed by atoms with van der Waals surface area (Å²) >= 11 is 3.01. The third kappa shape index (κ3) is 2.23. The van der Waals surface area contributed by atoms with E-state index in [9.17, 15) is 14.6 Å². The molecule has 0 fully saturated rings. The zero-order valence-electron chi connectivity index (χ0n) is 7.37. The van der Waals surface area contributed by atoms with Crippen molar-refractivity contribution in [3.63, 3.8) is 0 Å². The molecule has 0 aromatic heterocycles. The van der Waals surface area contributed by atoms with Crippen molar-refractivity contribution >= 4 is 15.9 Å². The summed E-state index contributed by atoms with van der Waals surface area (Å²) in [5, 5.41) is 18.8. The summed E-state index contributed by atoms with van der Waals surface area (Å²) in [5.41, 5.74) is 5.30. The van der Waals surface area contributed by atoms with Crippen molar-refractivity contribution in [2.45, 2.75) is 12.5 Å². The summed E-state index contributed by atoms with van der Waals surface area (Å²) in [6.45, 7) is 0.253. The fourth-order valence-corrected chi connectivity index (χ4v) is 1.75. The molecule has 1 aromatic carbocycles. The fourth-order valence-electron chi connectivity index (χ4n) is 1.17. The van der Waals surface area contributed by atoms with E-state index in [1.54, 1.807) is 0 Å². The molecule has 0 aliphatic carbocycles. The van der Waals surface area contributed by atoms with E-state index in [-0.39, 0.29) is 28.8 Å². The zero-order valence-corrected chi connectivity index (χ0v) is 8.96. The lowest BCUT2D eigenvalue weighted by atomic mass is 10.1. The molecule has 4 N–H and O–H groups in total. The SMILES string of the molecule is NCCC(O)c1c(F)ccc(O)c1Br. The van der Waals surface area contributed by atoms with Gasteiger partial charge in [0.15, 0.2) is 0 Å². The van der Waals surface area contributed by atoms with Crippen LogP contribution in [-0.2, 0) is 0 Å². The van der Waals surface area contributed by atoms with E-state index in [2.05, 4.69) is 15.9 Å². The van der Waals surface area contributed by atoms with Gasteiger partial charge in [-0.1, -0.05) is 0 Å². The molecule has 0 aliphatic rings. The Morgan fingerprint density at radius 2 is 2.14 bits per heavy atom. The van der Waals surface area contributed by atoms with E-state index >= 15 is 0 Å². The van der Waals surface area contributed by atoms with Crippen molar-refractivity contribution in [1.29, 1.82) is 0 Å². The molecular weight excluding hydrogens is 253 g/mol. The van der Waals surface area contributed by atoms with Crippen LogP contribution >= 0.6 is 15.9 Å². The molecule has 1 aromatic rings. The van der Waals surface area contributed by atoms with E-state index in [4.69, 9.17) is 5.73 Å². The number of aliphatic hydroxyl groups is 1.